The monoisotopic (exact) mass is 375 g/mol. The van der Waals surface area contributed by atoms with E-state index in [4.69, 9.17) is 4.74 Å². The molecule has 0 aliphatic heterocycles. The number of nitrogens with one attached hydrogen (secondary N) is 2. The van der Waals surface area contributed by atoms with Gasteiger partial charge in [0, 0.05) is 12.2 Å². The van der Waals surface area contributed by atoms with Crippen LogP contribution in [0.15, 0.2) is 66.9 Å². The molecule has 3 aromatic rings. The number of hydrogen-bond acceptors (Lipinski definition) is 4. The van der Waals surface area contributed by atoms with Crippen LogP contribution in [0.1, 0.15) is 41.4 Å². The Kier molecular flexibility index (Phi) is 6.27. The van der Waals surface area contributed by atoms with Gasteiger partial charge in [0.15, 0.2) is 0 Å². The van der Waals surface area contributed by atoms with Gasteiger partial charge in [0.2, 0.25) is 0 Å². The largest absolute Gasteiger partial charge is 0.497 e. The van der Waals surface area contributed by atoms with Gasteiger partial charge in [0.05, 0.1) is 19.0 Å². The smallest absolute Gasteiger partial charge is 0.270 e. The van der Waals surface area contributed by atoms with E-state index in [9.17, 15) is 4.79 Å². The summed E-state index contributed by atoms with van der Waals surface area (Å²) >= 11 is 0. The van der Waals surface area contributed by atoms with E-state index in [1.807, 2.05) is 48.5 Å². The molecule has 0 atom stereocenters. The number of hydrogen-bond donors (Lipinski definition) is 2. The van der Waals surface area contributed by atoms with E-state index in [2.05, 4.69) is 35.5 Å². The molecule has 0 radical (unpaired) electrons. The molecule has 28 heavy (non-hydrogen) atoms. The molecule has 0 saturated heterocycles. The maximum absolute atomic E-state index is 12.3. The van der Waals surface area contributed by atoms with Crippen LogP contribution in [-0.2, 0) is 6.54 Å². The lowest BCUT2D eigenvalue weighted by atomic mass is 10.0. The van der Waals surface area contributed by atoms with Crippen molar-refractivity contribution in [1.29, 1.82) is 0 Å². The van der Waals surface area contributed by atoms with Crippen LogP contribution in [0.5, 0.6) is 5.75 Å². The van der Waals surface area contributed by atoms with Gasteiger partial charge in [0.1, 0.15) is 11.4 Å². The normalized spacial score (nSPS) is 10.6. The lowest BCUT2D eigenvalue weighted by Crippen LogP contribution is -2.23. The summed E-state index contributed by atoms with van der Waals surface area (Å²) in [5, 5.41) is 6.27. The third kappa shape index (κ3) is 4.88. The van der Waals surface area contributed by atoms with Crippen molar-refractivity contribution in [2.45, 2.75) is 26.3 Å². The van der Waals surface area contributed by atoms with E-state index in [0.29, 0.717) is 18.2 Å². The number of ether oxygens (including phenoxy) is 1. The molecule has 0 saturated carbocycles. The second-order valence-corrected chi connectivity index (χ2v) is 6.83. The summed E-state index contributed by atoms with van der Waals surface area (Å²) in [6.07, 6.45) is 1.68. The van der Waals surface area contributed by atoms with Crippen LogP contribution in [0.3, 0.4) is 0 Å². The molecular formula is C23H25N3O2. The second-order valence-electron chi connectivity index (χ2n) is 6.83. The molecule has 0 spiro atoms. The third-order valence-corrected chi connectivity index (χ3v) is 4.47. The van der Waals surface area contributed by atoms with Crippen LogP contribution in [0.4, 0.5) is 11.4 Å². The van der Waals surface area contributed by atoms with Crippen molar-refractivity contribution in [2.75, 3.05) is 12.4 Å². The molecule has 144 valence electrons. The quantitative estimate of drug-likeness (QED) is 0.617. The van der Waals surface area contributed by atoms with Gasteiger partial charge in [-0.1, -0.05) is 44.2 Å². The molecule has 0 aliphatic carbocycles. The Hall–Kier alpha value is -3.34. The first kappa shape index (κ1) is 19.4. The molecule has 2 N–H and O–H groups in total. The van der Waals surface area contributed by atoms with Crippen molar-refractivity contribution in [3.05, 3.63) is 83.7 Å². The summed E-state index contributed by atoms with van der Waals surface area (Å²) in [4.78, 5) is 16.6. The molecule has 1 amide bonds. The predicted octanol–water partition coefficient (Wildman–Crippen LogP) is 4.89. The van der Waals surface area contributed by atoms with Crippen LogP contribution in [0.25, 0.3) is 0 Å². The first-order valence-corrected chi connectivity index (χ1v) is 9.30. The molecular weight excluding hydrogens is 350 g/mol. The highest BCUT2D eigenvalue weighted by atomic mass is 16.5. The minimum absolute atomic E-state index is 0.204. The molecule has 1 heterocycles. The molecule has 5 heteroatoms. The number of carbonyl (C=O) groups excluding carboxylic acids is 1. The maximum atomic E-state index is 12.3. The summed E-state index contributed by atoms with van der Waals surface area (Å²) < 4.78 is 5.13. The van der Waals surface area contributed by atoms with Gasteiger partial charge in [-0.25, -0.2) is 4.98 Å². The molecule has 5 nitrogen and oxygen atoms in total. The summed E-state index contributed by atoms with van der Waals surface area (Å²) in [6, 6.07) is 19.4. The summed E-state index contributed by atoms with van der Waals surface area (Å²) in [6.45, 7) is 4.76. The number of benzene rings is 2. The molecule has 0 bridgehead atoms. The first-order valence-electron chi connectivity index (χ1n) is 9.30. The highest BCUT2D eigenvalue weighted by molar-refractivity contribution is 5.92. The van der Waals surface area contributed by atoms with E-state index in [-0.39, 0.29) is 5.91 Å². The Labute approximate surface area is 165 Å². The Morgan fingerprint density at radius 3 is 2.43 bits per heavy atom. The van der Waals surface area contributed by atoms with Gasteiger partial charge in [-0.05, 0) is 47.4 Å². The zero-order valence-electron chi connectivity index (χ0n) is 16.4. The Balaban J connectivity index is 1.61. The van der Waals surface area contributed by atoms with Crippen LogP contribution < -0.4 is 15.4 Å². The van der Waals surface area contributed by atoms with Gasteiger partial charge < -0.3 is 15.4 Å². The van der Waals surface area contributed by atoms with Gasteiger partial charge in [-0.2, -0.15) is 0 Å². The Bertz CT molecular complexity index is 919. The average molecular weight is 375 g/mol. The van der Waals surface area contributed by atoms with Crippen molar-refractivity contribution in [3.8, 4) is 5.75 Å². The second kappa shape index (κ2) is 9.04. The molecule has 0 fully saturated rings. The molecule has 3 rings (SSSR count). The van der Waals surface area contributed by atoms with Gasteiger partial charge in [-0.3, -0.25) is 4.79 Å². The number of aromatic nitrogens is 1. The minimum atomic E-state index is -0.204. The minimum Gasteiger partial charge on any atom is -0.497 e. The van der Waals surface area contributed by atoms with E-state index >= 15 is 0 Å². The number of rotatable bonds is 7. The highest BCUT2D eigenvalue weighted by Gasteiger charge is 2.09. The zero-order valence-corrected chi connectivity index (χ0v) is 16.4. The number of pyridine rings is 1. The zero-order chi connectivity index (χ0) is 19.9. The fraction of sp³-hybridized carbons (Fsp3) is 0.217. The topological polar surface area (TPSA) is 63.2 Å². The fourth-order valence-electron chi connectivity index (χ4n) is 2.89. The number of methoxy groups -OCH3 is 1. The van der Waals surface area contributed by atoms with Gasteiger partial charge in [-0.15, -0.1) is 0 Å². The third-order valence-electron chi connectivity index (χ3n) is 4.47. The van der Waals surface area contributed by atoms with E-state index in [1.165, 1.54) is 5.56 Å². The number of nitrogens with zero attached hydrogens (tertiary/aromatic N) is 1. The Morgan fingerprint density at radius 1 is 1.04 bits per heavy atom. The standard InChI is InChI=1S/C23H25N3O2/c1-16(2)20-6-4-5-7-21(20)26-18-10-13-22(24-15-18)23(27)25-14-17-8-11-19(28-3)12-9-17/h4-13,15-16,26H,14H2,1-3H3,(H,25,27). The number of para-hydroxylation sites is 1. The molecule has 0 unspecified atom stereocenters. The maximum Gasteiger partial charge on any atom is 0.270 e. The lowest BCUT2D eigenvalue weighted by molar-refractivity contribution is 0.0946. The SMILES string of the molecule is COc1ccc(CNC(=O)c2ccc(Nc3ccccc3C(C)C)cn2)cc1. The molecule has 0 aliphatic rings. The van der Waals surface area contributed by atoms with Crippen LogP contribution >= 0.6 is 0 Å². The summed E-state index contributed by atoms with van der Waals surface area (Å²) in [7, 11) is 1.63. The van der Waals surface area contributed by atoms with Crippen molar-refractivity contribution in [2.24, 2.45) is 0 Å². The number of carbonyl (C=O) groups is 1. The van der Waals surface area contributed by atoms with Gasteiger partial charge >= 0.3 is 0 Å². The number of anilines is 2. The summed E-state index contributed by atoms with van der Waals surface area (Å²) in [5.74, 6) is 1.00. The van der Waals surface area contributed by atoms with E-state index < -0.39 is 0 Å². The lowest BCUT2D eigenvalue weighted by Gasteiger charge is -2.14. The van der Waals surface area contributed by atoms with E-state index in [0.717, 1.165) is 22.7 Å². The van der Waals surface area contributed by atoms with Gasteiger partial charge in [0.25, 0.3) is 5.91 Å². The van der Waals surface area contributed by atoms with Crippen molar-refractivity contribution < 1.29 is 9.53 Å². The molecule has 2 aromatic carbocycles. The average Bonchev–Trinajstić information content (AvgIpc) is 2.73. The Morgan fingerprint density at radius 2 is 1.79 bits per heavy atom. The van der Waals surface area contributed by atoms with Crippen molar-refractivity contribution in [3.63, 3.8) is 0 Å². The first-order chi connectivity index (χ1) is 13.6. The number of amides is 1. The van der Waals surface area contributed by atoms with Crippen LogP contribution in [0, 0.1) is 0 Å². The van der Waals surface area contributed by atoms with Crippen LogP contribution in [-0.4, -0.2) is 18.0 Å². The highest BCUT2D eigenvalue weighted by Crippen LogP contribution is 2.26. The van der Waals surface area contributed by atoms with Crippen molar-refractivity contribution >= 4 is 17.3 Å². The van der Waals surface area contributed by atoms with Crippen molar-refractivity contribution in [1.82, 2.24) is 10.3 Å². The van der Waals surface area contributed by atoms with Crippen LogP contribution in [0.2, 0.25) is 0 Å². The van der Waals surface area contributed by atoms with E-state index in [1.54, 1.807) is 19.4 Å². The molecule has 1 aromatic heterocycles. The fourth-order valence-corrected chi connectivity index (χ4v) is 2.89. The predicted molar refractivity (Wildman–Crippen MR) is 112 cm³/mol. The summed E-state index contributed by atoms with van der Waals surface area (Å²) in [5.41, 5.74) is 4.52.